The van der Waals surface area contributed by atoms with Crippen molar-refractivity contribution in [3.05, 3.63) is 29.8 Å². The molecule has 2 rings (SSSR count). The molecule has 1 saturated carbocycles. The maximum atomic E-state index is 12.1. The van der Waals surface area contributed by atoms with Gasteiger partial charge in [0.05, 0.1) is 11.5 Å². The molecule has 0 aromatic heterocycles. The zero-order valence-electron chi connectivity index (χ0n) is 12.9. The van der Waals surface area contributed by atoms with Crippen LogP contribution in [0.4, 0.5) is 4.79 Å². The molecular weight excluding hydrogens is 286 g/mol. The highest BCUT2D eigenvalue weighted by Gasteiger charge is 2.50. The van der Waals surface area contributed by atoms with E-state index in [1.807, 2.05) is 0 Å². The van der Waals surface area contributed by atoms with Gasteiger partial charge in [0.1, 0.15) is 11.4 Å². The van der Waals surface area contributed by atoms with Gasteiger partial charge in [-0.3, -0.25) is 4.79 Å². The number of carbonyl (C=O) groups is 2. The van der Waals surface area contributed by atoms with Gasteiger partial charge in [-0.25, -0.2) is 4.79 Å². The first kappa shape index (κ1) is 16.1. The van der Waals surface area contributed by atoms with E-state index in [1.54, 1.807) is 32.9 Å². The van der Waals surface area contributed by atoms with Crippen LogP contribution in [0, 0.1) is 5.92 Å². The summed E-state index contributed by atoms with van der Waals surface area (Å²) in [5, 5.41) is 21.3. The van der Waals surface area contributed by atoms with Crippen molar-refractivity contribution in [1.82, 2.24) is 5.32 Å². The molecule has 1 aromatic carbocycles. The third kappa shape index (κ3) is 3.50. The molecule has 22 heavy (non-hydrogen) atoms. The van der Waals surface area contributed by atoms with E-state index in [0.29, 0.717) is 12.8 Å². The molecular formula is C16H21NO5. The smallest absolute Gasteiger partial charge is 0.408 e. The Kier molecular flexibility index (Phi) is 4.04. The Balaban J connectivity index is 2.19. The highest BCUT2D eigenvalue weighted by atomic mass is 16.6. The summed E-state index contributed by atoms with van der Waals surface area (Å²) < 4.78 is 5.26. The number of aromatic hydroxyl groups is 1. The summed E-state index contributed by atoms with van der Waals surface area (Å²) in [5.74, 6) is -1.26. The Morgan fingerprint density at radius 1 is 1.23 bits per heavy atom. The number of benzene rings is 1. The Morgan fingerprint density at radius 3 is 2.23 bits per heavy atom. The Labute approximate surface area is 129 Å². The minimum Gasteiger partial charge on any atom is -0.508 e. The van der Waals surface area contributed by atoms with Crippen LogP contribution in [0.5, 0.6) is 5.75 Å². The zero-order valence-corrected chi connectivity index (χ0v) is 12.9. The first-order valence-corrected chi connectivity index (χ1v) is 7.15. The quantitative estimate of drug-likeness (QED) is 0.797. The van der Waals surface area contributed by atoms with Crippen LogP contribution >= 0.6 is 0 Å². The number of carbonyl (C=O) groups excluding carboxylic acids is 1. The molecule has 0 aliphatic heterocycles. The Bertz CT molecular complexity index is 567. The van der Waals surface area contributed by atoms with Crippen LogP contribution in [0.25, 0.3) is 0 Å². The lowest BCUT2D eigenvalue weighted by atomic mass is 9.64. The van der Waals surface area contributed by atoms with Crippen molar-refractivity contribution in [3.63, 3.8) is 0 Å². The number of ether oxygens (including phenoxy) is 1. The summed E-state index contributed by atoms with van der Waals surface area (Å²) in [5.41, 5.74) is -0.636. The molecule has 1 aliphatic rings. The van der Waals surface area contributed by atoms with E-state index in [4.69, 9.17) is 9.84 Å². The van der Waals surface area contributed by atoms with Gasteiger partial charge in [0.2, 0.25) is 0 Å². The van der Waals surface area contributed by atoms with Gasteiger partial charge in [0.25, 0.3) is 0 Å². The zero-order chi connectivity index (χ0) is 16.5. The monoisotopic (exact) mass is 307 g/mol. The van der Waals surface area contributed by atoms with Crippen LogP contribution in [-0.4, -0.2) is 27.9 Å². The van der Waals surface area contributed by atoms with Crippen molar-refractivity contribution in [2.45, 2.75) is 44.8 Å². The molecule has 1 amide bonds. The summed E-state index contributed by atoms with van der Waals surface area (Å²) in [4.78, 5) is 23.1. The number of rotatable bonds is 3. The van der Waals surface area contributed by atoms with Crippen molar-refractivity contribution in [3.8, 4) is 5.75 Å². The number of alkyl carbamates (subject to hydrolysis) is 1. The third-order valence-electron chi connectivity index (χ3n) is 3.70. The summed E-state index contributed by atoms with van der Waals surface area (Å²) in [6.45, 7) is 5.29. The van der Waals surface area contributed by atoms with Gasteiger partial charge in [-0.2, -0.15) is 0 Å². The second-order valence-electron chi connectivity index (χ2n) is 6.70. The fourth-order valence-corrected chi connectivity index (χ4v) is 2.65. The van der Waals surface area contributed by atoms with Crippen LogP contribution in [0.1, 0.15) is 39.2 Å². The van der Waals surface area contributed by atoms with Crippen molar-refractivity contribution in [2.75, 3.05) is 0 Å². The summed E-state index contributed by atoms with van der Waals surface area (Å²) >= 11 is 0. The second-order valence-corrected chi connectivity index (χ2v) is 6.70. The number of phenolic OH excluding ortho intramolecular Hbond substituents is 1. The molecule has 0 bridgehead atoms. The van der Waals surface area contributed by atoms with Gasteiger partial charge in [-0.05, 0) is 51.3 Å². The highest BCUT2D eigenvalue weighted by Crippen LogP contribution is 2.46. The summed E-state index contributed by atoms with van der Waals surface area (Å²) in [6, 6.07) is 6.40. The van der Waals surface area contributed by atoms with E-state index in [9.17, 15) is 14.7 Å². The van der Waals surface area contributed by atoms with Gasteiger partial charge >= 0.3 is 12.1 Å². The average Bonchev–Trinajstić information content (AvgIpc) is 2.31. The lowest BCUT2D eigenvalue weighted by Gasteiger charge is -2.46. The van der Waals surface area contributed by atoms with E-state index < -0.39 is 29.1 Å². The fourth-order valence-electron chi connectivity index (χ4n) is 2.65. The molecule has 0 atom stereocenters. The topological polar surface area (TPSA) is 95.9 Å². The fraction of sp³-hybridized carbons (Fsp3) is 0.500. The second kappa shape index (κ2) is 5.51. The van der Waals surface area contributed by atoms with Gasteiger partial charge < -0.3 is 20.3 Å². The van der Waals surface area contributed by atoms with Crippen molar-refractivity contribution < 1.29 is 24.5 Å². The number of aliphatic carboxylic acids is 1. The SMILES string of the molecule is CC(C)(C)OC(=O)NC1(c2ccc(O)cc2)CC(C(=O)O)C1. The van der Waals surface area contributed by atoms with E-state index in [2.05, 4.69) is 5.32 Å². The molecule has 0 heterocycles. The van der Waals surface area contributed by atoms with E-state index in [0.717, 1.165) is 5.56 Å². The van der Waals surface area contributed by atoms with E-state index in [-0.39, 0.29) is 5.75 Å². The van der Waals surface area contributed by atoms with E-state index in [1.165, 1.54) is 12.1 Å². The minimum absolute atomic E-state index is 0.116. The van der Waals surface area contributed by atoms with E-state index >= 15 is 0 Å². The molecule has 1 fully saturated rings. The van der Waals surface area contributed by atoms with Crippen LogP contribution in [0.15, 0.2) is 24.3 Å². The number of nitrogens with one attached hydrogen (secondary N) is 1. The van der Waals surface area contributed by atoms with Crippen molar-refractivity contribution >= 4 is 12.1 Å². The van der Waals surface area contributed by atoms with Gasteiger partial charge in [-0.15, -0.1) is 0 Å². The maximum absolute atomic E-state index is 12.1. The lowest BCUT2D eigenvalue weighted by Crippen LogP contribution is -2.57. The molecule has 6 heteroatoms. The number of carboxylic acid groups (broad SMARTS) is 1. The van der Waals surface area contributed by atoms with Crippen LogP contribution in [0.2, 0.25) is 0 Å². The molecule has 1 aromatic rings. The minimum atomic E-state index is -0.875. The van der Waals surface area contributed by atoms with Crippen LogP contribution in [-0.2, 0) is 15.1 Å². The molecule has 120 valence electrons. The van der Waals surface area contributed by atoms with Crippen molar-refractivity contribution in [2.24, 2.45) is 5.92 Å². The molecule has 6 nitrogen and oxygen atoms in total. The first-order chi connectivity index (χ1) is 10.1. The largest absolute Gasteiger partial charge is 0.508 e. The predicted octanol–water partition coefficient (Wildman–Crippen LogP) is 2.61. The lowest BCUT2D eigenvalue weighted by molar-refractivity contribution is -0.148. The first-order valence-electron chi connectivity index (χ1n) is 7.15. The van der Waals surface area contributed by atoms with Crippen molar-refractivity contribution in [1.29, 1.82) is 0 Å². The average molecular weight is 307 g/mol. The van der Waals surface area contributed by atoms with Crippen LogP contribution in [0.3, 0.4) is 0 Å². The molecule has 0 saturated heterocycles. The number of hydrogen-bond donors (Lipinski definition) is 3. The number of hydrogen-bond acceptors (Lipinski definition) is 4. The standard InChI is InChI=1S/C16H21NO5/c1-15(2,3)22-14(21)17-16(8-10(9-16)13(19)20)11-4-6-12(18)7-5-11/h4-7,10,18H,8-9H2,1-3H3,(H,17,21)(H,19,20). The van der Waals surface area contributed by atoms with Gasteiger partial charge in [0.15, 0.2) is 0 Å². The molecule has 0 spiro atoms. The molecule has 1 aliphatic carbocycles. The number of carboxylic acids is 1. The summed E-state index contributed by atoms with van der Waals surface area (Å²) in [6.07, 6.45) is 0.0167. The Morgan fingerprint density at radius 2 is 1.77 bits per heavy atom. The number of amides is 1. The highest BCUT2D eigenvalue weighted by molar-refractivity contribution is 5.74. The molecule has 0 radical (unpaired) electrons. The Hall–Kier alpha value is -2.24. The van der Waals surface area contributed by atoms with Crippen LogP contribution < -0.4 is 5.32 Å². The van der Waals surface area contributed by atoms with Gasteiger partial charge in [-0.1, -0.05) is 12.1 Å². The molecule has 3 N–H and O–H groups in total. The number of phenols is 1. The van der Waals surface area contributed by atoms with Gasteiger partial charge in [0, 0.05) is 0 Å². The third-order valence-corrected chi connectivity index (χ3v) is 3.70. The summed E-state index contributed by atoms with van der Waals surface area (Å²) in [7, 11) is 0. The molecule has 0 unspecified atom stereocenters. The maximum Gasteiger partial charge on any atom is 0.408 e. The predicted molar refractivity (Wildman–Crippen MR) is 79.5 cm³/mol. The normalized spacial score (nSPS) is 24.2.